The minimum atomic E-state index is -0.0838. The second kappa shape index (κ2) is 8.18. The van der Waals surface area contributed by atoms with Crippen LogP contribution >= 0.6 is 0 Å². The number of benzene rings is 1. The van der Waals surface area contributed by atoms with Crippen LogP contribution in [0.5, 0.6) is 0 Å². The highest BCUT2D eigenvalue weighted by Crippen LogP contribution is 2.05. The fourth-order valence-corrected chi connectivity index (χ4v) is 1.88. The molecule has 112 valence electrons. The van der Waals surface area contributed by atoms with Crippen LogP contribution < -0.4 is 5.32 Å². The summed E-state index contributed by atoms with van der Waals surface area (Å²) in [6, 6.07) is 8.63. The quantitative estimate of drug-likeness (QED) is 0.773. The van der Waals surface area contributed by atoms with E-state index in [-0.39, 0.29) is 30.8 Å². The number of likely N-dealkylation sites (N-methyl/N-ethyl adjacent to an activating group) is 1. The van der Waals surface area contributed by atoms with E-state index >= 15 is 0 Å². The minimum absolute atomic E-state index is 0.0568. The fourth-order valence-electron chi connectivity index (χ4n) is 1.88. The first-order valence-corrected chi connectivity index (χ1v) is 7.01. The van der Waals surface area contributed by atoms with Crippen molar-refractivity contribution in [1.29, 1.82) is 5.26 Å². The summed E-state index contributed by atoms with van der Waals surface area (Å²) < 4.78 is 0. The predicted molar refractivity (Wildman–Crippen MR) is 80.9 cm³/mol. The standard InChI is InChI=1S/C16H21N3O2/c1-4-19(11-16(21)18-12(2)3)10-15(20)14-7-5-13(9-17)6-8-14/h5-8,12H,4,10-11H2,1-3H3,(H,18,21). The van der Waals surface area contributed by atoms with Gasteiger partial charge in [0.2, 0.25) is 5.91 Å². The molecule has 0 saturated carbocycles. The molecular weight excluding hydrogens is 266 g/mol. The van der Waals surface area contributed by atoms with Crippen molar-refractivity contribution in [3.8, 4) is 6.07 Å². The van der Waals surface area contributed by atoms with Crippen molar-refractivity contribution in [3.05, 3.63) is 35.4 Å². The molecule has 0 spiro atoms. The van der Waals surface area contributed by atoms with E-state index < -0.39 is 0 Å². The molecule has 0 atom stereocenters. The Morgan fingerprint density at radius 3 is 2.33 bits per heavy atom. The molecule has 0 fully saturated rings. The minimum Gasteiger partial charge on any atom is -0.353 e. The van der Waals surface area contributed by atoms with E-state index in [1.165, 1.54) is 0 Å². The lowest BCUT2D eigenvalue weighted by Gasteiger charge is -2.19. The van der Waals surface area contributed by atoms with Gasteiger partial charge in [0.15, 0.2) is 5.78 Å². The third-order valence-electron chi connectivity index (χ3n) is 2.97. The van der Waals surface area contributed by atoms with Gasteiger partial charge in [-0.15, -0.1) is 0 Å². The first-order valence-electron chi connectivity index (χ1n) is 7.01. The van der Waals surface area contributed by atoms with Crippen LogP contribution in [-0.2, 0) is 4.79 Å². The summed E-state index contributed by atoms with van der Waals surface area (Å²) in [4.78, 5) is 25.7. The Labute approximate surface area is 125 Å². The molecule has 0 radical (unpaired) electrons. The highest BCUT2D eigenvalue weighted by Gasteiger charge is 2.14. The second-order valence-corrected chi connectivity index (χ2v) is 5.14. The average Bonchev–Trinajstić information content (AvgIpc) is 2.45. The number of nitriles is 1. The Balaban J connectivity index is 2.61. The van der Waals surface area contributed by atoms with E-state index in [4.69, 9.17) is 5.26 Å². The largest absolute Gasteiger partial charge is 0.353 e. The average molecular weight is 287 g/mol. The number of nitrogens with one attached hydrogen (secondary N) is 1. The van der Waals surface area contributed by atoms with E-state index in [0.29, 0.717) is 17.7 Å². The summed E-state index contributed by atoms with van der Waals surface area (Å²) in [6.45, 7) is 6.72. The molecule has 0 aromatic heterocycles. The molecule has 5 heteroatoms. The number of amides is 1. The lowest BCUT2D eigenvalue weighted by molar-refractivity contribution is -0.122. The van der Waals surface area contributed by atoms with E-state index in [0.717, 1.165) is 0 Å². The van der Waals surface area contributed by atoms with Crippen molar-refractivity contribution in [2.75, 3.05) is 19.6 Å². The topological polar surface area (TPSA) is 73.2 Å². The van der Waals surface area contributed by atoms with Crippen molar-refractivity contribution in [1.82, 2.24) is 10.2 Å². The van der Waals surface area contributed by atoms with Crippen molar-refractivity contribution < 1.29 is 9.59 Å². The van der Waals surface area contributed by atoms with Gasteiger partial charge in [-0.3, -0.25) is 14.5 Å². The zero-order valence-corrected chi connectivity index (χ0v) is 12.7. The molecule has 0 aliphatic rings. The molecular formula is C16H21N3O2. The number of rotatable bonds is 7. The number of Topliss-reactive ketones (excluding diaryl/α,β-unsaturated/α-hetero) is 1. The summed E-state index contributed by atoms with van der Waals surface area (Å²) in [5.41, 5.74) is 1.08. The van der Waals surface area contributed by atoms with Gasteiger partial charge in [-0.05, 0) is 32.5 Å². The smallest absolute Gasteiger partial charge is 0.234 e. The number of ketones is 1. The maximum absolute atomic E-state index is 12.2. The zero-order valence-electron chi connectivity index (χ0n) is 12.7. The predicted octanol–water partition coefficient (Wildman–Crippen LogP) is 1.59. The van der Waals surface area contributed by atoms with Crippen LogP contribution in [0, 0.1) is 11.3 Å². The normalized spacial score (nSPS) is 10.5. The van der Waals surface area contributed by atoms with Gasteiger partial charge in [-0.25, -0.2) is 0 Å². The molecule has 0 unspecified atom stereocenters. The van der Waals surface area contributed by atoms with Crippen LogP contribution in [0.25, 0.3) is 0 Å². The van der Waals surface area contributed by atoms with Crippen LogP contribution in [0.2, 0.25) is 0 Å². The summed E-state index contributed by atoms with van der Waals surface area (Å²) in [5.74, 6) is -0.141. The van der Waals surface area contributed by atoms with Gasteiger partial charge in [0.05, 0.1) is 24.7 Å². The first kappa shape index (κ1) is 16.9. The number of hydrogen-bond acceptors (Lipinski definition) is 4. The van der Waals surface area contributed by atoms with Crippen LogP contribution in [0.3, 0.4) is 0 Å². The summed E-state index contributed by atoms with van der Waals surface area (Å²) in [5, 5.41) is 11.5. The van der Waals surface area contributed by atoms with Crippen LogP contribution in [0.4, 0.5) is 0 Å². The van der Waals surface area contributed by atoms with Gasteiger partial charge in [0.25, 0.3) is 0 Å². The van der Waals surface area contributed by atoms with Gasteiger partial charge in [-0.2, -0.15) is 5.26 Å². The third-order valence-corrected chi connectivity index (χ3v) is 2.97. The molecule has 0 aliphatic heterocycles. The van der Waals surface area contributed by atoms with Crippen LogP contribution in [-0.4, -0.2) is 42.3 Å². The second-order valence-electron chi connectivity index (χ2n) is 5.14. The van der Waals surface area contributed by atoms with E-state index in [9.17, 15) is 9.59 Å². The Morgan fingerprint density at radius 2 is 1.86 bits per heavy atom. The monoisotopic (exact) mass is 287 g/mol. The van der Waals surface area contributed by atoms with Gasteiger partial charge in [0.1, 0.15) is 0 Å². The summed E-state index contributed by atoms with van der Waals surface area (Å²) in [7, 11) is 0. The van der Waals surface area contributed by atoms with Crippen molar-refractivity contribution in [3.63, 3.8) is 0 Å². The number of hydrogen-bond donors (Lipinski definition) is 1. The molecule has 1 aromatic rings. The molecule has 0 aliphatic carbocycles. The lowest BCUT2D eigenvalue weighted by atomic mass is 10.1. The number of carbonyl (C=O) groups is 2. The van der Waals surface area contributed by atoms with Gasteiger partial charge in [-0.1, -0.05) is 19.1 Å². The molecule has 0 bridgehead atoms. The number of nitrogens with zero attached hydrogens (tertiary/aromatic N) is 2. The Hall–Kier alpha value is -2.19. The van der Waals surface area contributed by atoms with E-state index in [2.05, 4.69) is 5.32 Å². The maximum Gasteiger partial charge on any atom is 0.234 e. The SMILES string of the molecule is CCN(CC(=O)NC(C)C)CC(=O)c1ccc(C#N)cc1. The summed E-state index contributed by atoms with van der Waals surface area (Å²) in [6.07, 6.45) is 0. The molecule has 1 amide bonds. The zero-order chi connectivity index (χ0) is 15.8. The van der Waals surface area contributed by atoms with E-state index in [1.54, 1.807) is 29.2 Å². The molecule has 1 rings (SSSR count). The molecule has 1 N–H and O–H groups in total. The Morgan fingerprint density at radius 1 is 1.24 bits per heavy atom. The van der Waals surface area contributed by atoms with Crippen molar-refractivity contribution >= 4 is 11.7 Å². The highest BCUT2D eigenvalue weighted by atomic mass is 16.2. The highest BCUT2D eigenvalue weighted by molar-refractivity contribution is 5.98. The lowest BCUT2D eigenvalue weighted by Crippen LogP contribution is -2.41. The molecule has 0 heterocycles. The molecule has 5 nitrogen and oxygen atoms in total. The van der Waals surface area contributed by atoms with Gasteiger partial charge < -0.3 is 5.32 Å². The third kappa shape index (κ3) is 5.76. The van der Waals surface area contributed by atoms with E-state index in [1.807, 2.05) is 26.8 Å². The Kier molecular flexibility index (Phi) is 6.57. The van der Waals surface area contributed by atoms with Crippen LogP contribution in [0.1, 0.15) is 36.7 Å². The molecule has 1 aromatic carbocycles. The first-order chi connectivity index (χ1) is 9.96. The van der Waals surface area contributed by atoms with Gasteiger partial charge in [0, 0.05) is 11.6 Å². The van der Waals surface area contributed by atoms with Crippen LogP contribution in [0.15, 0.2) is 24.3 Å². The van der Waals surface area contributed by atoms with Gasteiger partial charge >= 0.3 is 0 Å². The van der Waals surface area contributed by atoms with Crippen molar-refractivity contribution in [2.45, 2.75) is 26.8 Å². The molecule has 0 saturated heterocycles. The number of carbonyl (C=O) groups excluding carboxylic acids is 2. The van der Waals surface area contributed by atoms with Crippen molar-refractivity contribution in [2.24, 2.45) is 0 Å². The summed E-state index contributed by atoms with van der Waals surface area (Å²) >= 11 is 0. The molecule has 21 heavy (non-hydrogen) atoms. The Bertz CT molecular complexity index is 529. The maximum atomic E-state index is 12.2. The fraction of sp³-hybridized carbons (Fsp3) is 0.438.